The molecule has 0 aromatic heterocycles. The molecule has 0 bridgehead atoms. The lowest BCUT2D eigenvalue weighted by atomic mass is 9.94. The molecule has 1 unspecified atom stereocenters. The largest absolute Gasteiger partial charge is 0.348 e. The topological polar surface area (TPSA) is 98.8 Å². The Labute approximate surface area is 224 Å². The summed E-state index contributed by atoms with van der Waals surface area (Å²) in [6.07, 6.45) is 1.34. The summed E-state index contributed by atoms with van der Waals surface area (Å²) in [7, 11) is 0. The predicted molar refractivity (Wildman–Crippen MR) is 146 cm³/mol. The third-order valence-electron chi connectivity index (χ3n) is 7.46. The van der Waals surface area contributed by atoms with Crippen molar-refractivity contribution in [2.45, 2.75) is 59.0 Å². The number of anilines is 1. The molecule has 0 radical (unpaired) electrons. The van der Waals surface area contributed by atoms with Crippen LogP contribution in [0.3, 0.4) is 0 Å². The second-order valence-electron chi connectivity index (χ2n) is 11.4. The Morgan fingerprint density at radius 3 is 2.24 bits per heavy atom. The van der Waals surface area contributed by atoms with E-state index in [2.05, 4.69) is 10.6 Å². The molecule has 2 saturated heterocycles. The van der Waals surface area contributed by atoms with Crippen molar-refractivity contribution < 1.29 is 19.2 Å². The highest BCUT2D eigenvalue weighted by atomic mass is 16.2. The fourth-order valence-corrected chi connectivity index (χ4v) is 5.15. The molecule has 4 amide bonds. The van der Waals surface area contributed by atoms with Crippen LogP contribution >= 0.6 is 0 Å². The summed E-state index contributed by atoms with van der Waals surface area (Å²) in [4.78, 5) is 55.0. The van der Waals surface area contributed by atoms with Gasteiger partial charge in [-0.15, -0.1) is 0 Å². The molecule has 0 aliphatic carbocycles. The smallest absolute Gasteiger partial charge is 0.253 e. The normalized spacial score (nSPS) is 18.4. The summed E-state index contributed by atoms with van der Waals surface area (Å²) in [5.74, 6) is -0.953. The van der Waals surface area contributed by atoms with Crippen LogP contribution in [0.1, 0.15) is 61.5 Å². The van der Waals surface area contributed by atoms with E-state index in [-0.39, 0.29) is 47.4 Å². The lowest BCUT2D eigenvalue weighted by Crippen LogP contribution is -2.46. The first-order chi connectivity index (χ1) is 18.0. The number of piperidine rings is 1. The summed E-state index contributed by atoms with van der Waals surface area (Å²) in [6, 6.07) is 15.0. The summed E-state index contributed by atoms with van der Waals surface area (Å²) in [5, 5.41) is 5.87. The van der Waals surface area contributed by atoms with Crippen LogP contribution in [0, 0.1) is 18.8 Å². The highest BCUT2D eigenvalue weighted by molar-refractivity contribution is 6.04. The number of benzene rings is 2. The van der Waals surface area contributed by atoms with Crippen LogP contribution in [-0.4, -0.2) is 58.6 Å². The number of likely N-dealkylation sites (tertiary alicyclic amines) is 2. The van der Waals surface area contributed by atoms with Crippen LogP contribution in [0.25, 0.3) is 0 Å². The van der Waals surface area contributed by atoms with E-state index in [0.717, 1.165) is 11.1 Å². The molecule has 8 nitrogen and oxygen atoms in total. The third-order valence-corrected chi connectivity index (χ3v) is 7.46. The van der Waals surface area contributed by atoms with E-state index >= 15 is 0 Å². The number of carbonyl (C=O) groups excluding carboxylic acids is 4. The van der Waals surface area contributed by atoms with Crippen LogP contribution in [0.5, 0.6) is 0 Å². The molecule has 38 heavy (non-hydrogen) atoms. The molecule has 4 rings (SSSR count). The molecule has 2 heterocycles. The number of nitrogens with one attached hydrogen (secondary N) is 2. The van der Waals surface area contributed by atoms with E-state index in [0.29, 0.717) is 50.3 Å². The standard InChI is InChI=1S/C30H38N4O4/c1-20-9-11-21(12-10-20)18-31-28(37)24-7-5-6-8-25(24)32-27(36)22-13-15-33(16-14-22)29(38)23-17-26(35)34(19-23)30(2,3)4/h5-12,22-23H,13-19H2,1-4H3,(H,31,37)(H,32,36). The molecule has 0 spiro atoms. The molecule has 202 valence electrons. The van der Waals surface area contributed by atoms with Crippen LogP contribution in [0.4, 0.5) is 5.69 Å². The van der Waals surface area contributed by atoms with Gasteiger partial charge in [-0.3, -0.25) is 19.2 Å². The average Bonchev–Trinajstić information content (AvgIpc) is 3.30. The minimum absolute atomic E-state index is 0.000415. The van der Waals surface area contributed by atoms with Crippen molar-refractivity contribution in [1.29, 1.82) is 0 Å². The predicted octanol–water partition coefficient (Wildman–Crippen LogP) is 3.75. The van der Waals surface area contributed by atoms with Gasteiger partial charge in [0.05, 0.1) is 17.2 Å². The van der Waals surface area contributed by atoms with Gasteiger partial charge in [0, 0.05) is 44.1 Å². The number of nitrogens with zero attached hydrogens (tertiary/aromatic N) is 2. The van der Waals surface area contributed by atoms with E-state index in [1.54, 1.807) is 34.1 Å². The van der Waals surface area contributed by atoms with E-state index in [1.807, 2.05) is 52.0 Å². The zero-order valence-corrected chi connectivity index (χ0v) is 22.8. The zero-order chi connectivity index (χ0) is 27.4. The summed E-state index contributed by atoms with van der Waals surface area (Å²) in [6.45, 7) is 9.76. The Morgan fingerprint density at radius 1 is 0.947 bits per heavy atom. The molecule has 2 N–H and O–H groups in total. The van der Waals surface area contributed by atoms with E-state index < -0.39 is 0 Å². The first kappa shape index (κ1) is 27.4. The van der Waals surface area contributed by atoms with Crippen molar-refractivity contribution >= 4 is 29.3 Å². The molecule has 2 fully saturated rings. The van der Waals surface area contributed by atoms with Gasteiger partial charge in [0.1, 0.15) is 0 Å². The first-order valence-corrected chi connectivity index (χ1v) is 13.4. The Balaban J connectivity index is 1.30. The van der Waals surface area contributed by atoms with Crippen LogP contribution in [0.15, 0.2) is 48.5 Å². The number of amides is 4. The second-order valence-corrected chi connectivity index (χ2v) is 11.4. The van der Waals surface area contributed by atoms with Crippen molar-refractivity contribution in [1.82, 2.24) is 15.1 Å². The SMILES string of the molecule is Cc1ccc(CNC(=O)c2ccccc2NC(=O)C2CCN(C(=O)C3CC(=O)N(C(C)(C)C)C3)CC2)cc1. The van der Waals surface area contributed by atoms with Crippen molar-refractivity contribution in [2.75, 3.05) is 25.0 Å². The van der Waals surface area contributed by atoms with Gasteiger partial charge in [0.2, 0.25) is 17.7 Å². The van der Waals surface area contributed by atoms with Crippen molar-refractivity contribution in [2.24, 2.45) is 11.8 Å². The number of aryl methyl sites for hydroxylation is 1. The van der Waals surface area contributed by atoms with Gasteiger partial charge in [0.25, 0.3) is 5.91 Å². The van der Waals surface area contributed by atoms with E-state index in [9.17, 15) is 19.2 Å². The molecule has 8 heteroatoms. The number of hydrogen-bond donors (Lipinski definition) is 2. The Morgan fingerprint density at radius 2 is 1.61 bits per heavy atom. The Kier molecular flexibility index (Phi) is 8.19. The maximum Gasteiger partial charge on any atom is 0.253 e. The summed E-state index contributed by atoms with van der Waals surface area (Å²) >= 11 is 0. The summed E-state index contributed by atoms with van der Waals surface area (Å²) in [5.41, 5.74) is 2.74. The lowest BCUT2D eigenvalue weighted by Gasteiger charge is -2.34. The monoisotopic (exact) mass is 518 g/mol. The highest BCUT2D eigenvalue weighted by Crippen LogP contribution is 2.29. The minimum Gasteiger partial charge on any atom is -0.348 e. The maximum atomic E-state index is 13.1. The molecular weight excluding hydrogens is 480 g/mol. The molecule has 1 atom stereocenters. The van der Waals surface area contributed by atoms with Gasteiger partial charge in [0.15, 0.2) is 0 Å². The fourth-order valence-electron chi connectivity index (χ4n) is 5.15. The van der Waals surface area contributed by atoms with Gasteiger partial charge < -0.3 is 20.4 Å². The molecular formula is C30H38N4O4. The molecule has 0 saturated carbocycles. The number of rotatable bonds is 6. The van der Waals surface area contributed by atoms with Crippen LogP contribution in [-0.2, 0) is 20.9 Å². The average molecular weight is 519 g/mol. The van der Waals surface area contributed by atoms with Crippen molar-refractivity contribution in [3.8, 4) is 0 Å². The van der Waals surface area contributed by atoms with Gasteiger partial charge in [-0.25, -0.2) is 0 Å². The molecule has 2 aromatic rings. The number of para-hydroxylation sites is 1. The Hall–Kier alpha value is -3.68. The fraction of sp³-hybridized carbons (Fsp3) is 0.467. The summed E-state index contributed by atoms with van der Waals surface area (Å²) < 4.78 is 0. The van der Waals surface area contributed by atoms with Crippen molar-refractivity contribution in [3.63, 3.8) is 0 Å². The van der Waals surface area contributed by atoms with Gasteiger partial charge in [-0.1, -0.05) is 42.0 Å². The highest BCUT2D eigenvalue weighted by Gasteiger charge is 2.41. The third kappa shape index (κ3) is 6.41. The quantitative estimate of drug-likeness (QED) is 0.609. The number of hydrogen-bond acceptors (Lipinski definition) is 4. The number of carbonyl (C=O) groups is 4. The lowest BCUT2D eigenvalue weighted by molar-refractivity contribution is -0.138. The minimum atomic E-state index is -0.322. The maximum absolute atomic E-state index is 13.1. The Bertz CT molecular complexity index is 1190. The second kappa shape index (κ2) is 11.4. The van der Waals surface area contributed by atoms with Gasteiger partial charge in [-0.05, 0) is 58.2 Å². The molecule has 2 aliphatic rings. The van der Waals surface area contributed by atoms with Crippen LogP contribution < -0.4 is 10.6 Å². The van der Waals surface area contributed by atoms with E-state index in [1.165, 1.54) is 0 Å². The van der Waals surface area contributed by atoms with E-state index in [4.69, 9.17) is 0 Å². The zero-order valence-electron chi connectivity index (χ0n) is 22.8. The van der Waals surface area contributed by atoms with Crippen LogP contribution in [0.2, 0.25) is 0 Å². The van der Waals surface area contributed by atoms with Crippen molar-refractivity contribution in [3.05, 3.63) is 65.2 Å². The first-order valence-electron chi connectivity index (χ1n) is 13.4. The molecule has 2 aliphatic heterocycles. The molecule has 2 aromatic carbocycles. The van der Waals surface area contributed by atoms with Gasteiger partial charge in [-0.2, -0.15) is 0 Å². The van der Waals surface area contributed by atoms with Gasteiger partial charge >= 0.3 is 0 Å².